The Balaban J connectivity index is 1.72. The van der Waals surface area contributed by atoms with Crippen molar-refractivity contribution >= 4 is 5.91 Å². The van der Waals surface area contributed by atoms with E-state index in [2.05, 4.69) is 5.32 Å². The van der Waals surface area contributed by atoms with Gasteiger partial charge in [-0.25, -0.2) is 0 Å². The highest BCUT2D eigenvalue weighted by Crippen LogP contribution is 2.60. The SMILES string of the molecule is CC(C)C(=O)NCC1CC12CCCCC2. The van der Waals surface area contributed by atoms with Crippen LogP contribution in [0.4, 0.5) is 0 Å². The van der Waals surface area contributed by atoms with Gasteiger partial charge in [0, 0.05) is 12.5 Å². The number of carbonyl (C=O) groups excluding carboxylic acids is 1. The van der Waals surface area contributed by atoms with Gasteiger partial charge in [0.1, 0.15) is 0 Å². The third-order valence-corrected chi connectivity index (χ3v) is 4.26. The molecule has 0 saturated heterocycles. The first-order chi connectivity index (χ1) is 7.14. The minimum Gasteiger partial charge on any atom is -0.356 e. The Morgan fingerprint density at radius 2 is 2.00 bits per heavy atom. The fourth-order valence-corrected chi connectivity index (χ4v) is 3.02. The van der Waals surface area contributed by atoms with Crippen LogP contribution in [0.2, 0.25) is 0 Å². The first-order valence-corrected chi connectivity index (χ1v) is 6.42. The van der Waals surface area contributed by atoms with Crippen LogP contribution in [-0.4, -0.2) is 12.5 Å². The van der Waals surface area contributed by atoms with Crippen molar-refractivity contribution in [1.82, 2.24) is 5.32 Å². The number of rotatable bonds is 3. The lowest BCUT2D eigenvalue weighted by Crippen LogP contribution is -2.30. The van der Waals surface area contributed by atoms with Crippen LogP contribution in [0, 0.1) is 17.3 Å². The van der Waals surface area contributed by atoms with Crippen LogP contribution in [0.1, 0.15) is 52.4 Å². The van der Waals surface area contributed by atoms with E-state index in [9.17, 15) is 4.79 Å². The summed E-state index contributed by atoms with van der Waals surface area (Å²) in [6.45, 7) is 4.84. The van der Waals surface area contributed by atoms with E-state index in [4.69, 9.17) is 0 Å². The molecule has 0 aliphatic heterocycles. The monoisotopic (exact) mass is 209 g/mol. The second-order valence-corrected chi connectivity index (χ2v) is 5.72. The van der Waals surface area contributed by atoms with Crippen molar-refractivity contribution in [2.24, 2.45) is 17.3 Å². The molecular weight excluding hydrogens is 186 g/mol. The summed E-state index contributed by atoms with van der Waals surface area (Å²) in [7, 11) is 0. The first-order valence-electron chi connectivity index (χ1n) is 6.42. The van der Waals surface area contributed by atoms with Crippen LogP contribution in [0.15, 0.2) is 0 Å². The normalized spacial score (nSPS) is 28.1. The average molecular weight is 209 g/mol. The van der Waals surface area contributed by atoms with Gasteiger partial charge >= 0.3 is 0 Å². The first kappa shape index (κ1) is 11.0. The molecular formula is C13H23NO. The summed E-state index contributed by atoms with van der Waals surface area (Å²) in [5.74, 6) is 1.14. The number of nitrogens with one attached hydrogen (secondary N) is 1. The van der Waals surface area contributed by atoms with Gasteiger partial charge in [0.25, 0.3) is 0 Å². The van der Waals surface area contributed by atoms with E-state index in [1.54, 1.807) is 0 Å². The summed E-state index contributed by atoms with van der Waals surface area (Å²) >= 11 is 0. The van der Waals surface area contributed by atoms with Crippen molar-refractivity contribution in [1.29, 1.82) is 0 Å². The lowest BCUT2D eigenvalue weighted by atomic mass is 9.84. The topological polar surface area (TPSA) is 29.1 Å². The Morgan fingerprint density at radius 3 is 2.60 bits per heavy atom. The van der Waals surface area contributed by atoms with Crippen LogP contribution < -0.4 is 5.32 Å². The molecule has 2 aliphatic rings. The van der Waals surface area contributed by atoms with Crippen molar-refractivity contribution in [3.05, 3.63) is 0 Å². The van der Waals surface area contributed by atoms with Gasteiger partial charge in [-0.05, 0) is 30.6 Å². The molecule has 0 aromatic carbocycles. The summed E-state index contributed by atoms with van der Waals surface area (Å²) in [4.78, 5) is 11.4. The second-order valence-electron chi connectivity index (χ2n) is 5.72. The van der Waals surface area contributed by atoms with E-state index in [0.29, 0.717) is 5.41 Å². The van der Waals surface area contributed by atoms with Gasteiger partial charge in [-0.15, -0.1) is 0 Å². The van der Waals surface area contributed by atoms with Crippen molar-refractivity contribution in [2.45, 2.75) is 52.4 Å². The minimum atomic E-state index is 0.131. The van der Waals surface area contributed by atoms with Gasteiger partial charge in [-0.1, -0.05) is 33.1 Å². The van der Waals surface area contributed by atoms with E-state index in [-0.39, 0.29) is 11.8 Å². The molecule has 2 saturated carbocycles. The fourth-order valence-electron chi connectivity index (χ4n) is 3.02. The number of amides is 1. The average Bonchev–Trinajstić information content (AvgIpc) is 2.88. The maximum atomic E-state index is 11.4. The summed E-state index contributed by atoms with van der Waals surface area (Å²) in [5.41, 5.74) is 0.655. The molecule has 2 heteroatoms. The van der Waals surface area contributed by atoms with Gasteiger partial charge in [-0.2, -0.15) is 0 Å². The van der Waals surface area contributed by atoms with Crippen molar-refractivity contribution in [3.63, 3.8) is 0 Å². The quantitative estimate of drug-likeness (QED) is 0.761. The standard InChI is InChI=1S/C13H23NO/c1-10(2)12(15)14-9-11-8-13(11)6-4-3-5-7-13/h10-11H,3-9H2,1-2H3,(H,14,15). The molecule has 15 heavy (non-hydrogen) atoms. The predicted octanol–water partition coefficient (Wildman–Crippen LogP) is 2.73. The highest BCUT2D eigenvalue weighted by atomic mass is 16.1. The van der Waals surface area contributed by atoms with E-state index in [0.717, 1.165) is 12.5 Å². The molecule has 0 aromatic rings. The second kappa shape index (κ2) is 4.15. The molecule has 2 fully saturated rings. The lowest BCUT2D eigenvalue weighted by Gasteiger charge is -2.22. The molecule has 1 atom stereocenters. The highest BCUT2D eigenvalue weighted by Gasteiger charge is 2.53. The zero-order chi connectivity index (χ0) is 10.9. The Kier molecular flexibility index (Phi) is 3.03. The third-order valence-electron chi connectivity index (χ3n) is 4.26. The van der Waals surface area contributed by atoms with Crippen LogP contribution in [0.5, 0.6) is 0 Å². The van der Waals surface area contributed by atoms with Crippen molar-refractivity contribution in [3.8, 4) is 0 Å². The third kappa shape index (κ3) is 2.35. The highest BCUT2D eigenvalue weighted by molar-refractivity contribution is 5.77. The number of hydrogen-bond acceptors (Lipinski definition) is 1. The molecule has 1 amide bonds. The van der Waals surface area contributed by atoms with Crippen molar-refractivity contribution < 1.29 is 4.79 Å². The molecule has 0 aromatic heterocycles. The molecule has 1 spiro atoms. The number of hydrogen-bond donors (Lipinski definition) is 1. The van der Waals surface area contributed by atoms with E-state index in [1.807, 2.05) is 13.8 Å². The van der Waals surface area contributed by atoms with Crippen molar-refractivity contribution in [2.75, 3.05) is 6.54 Å². The van der Waals surface area contributed by atoms with E-state index < -0.39 is 0 Å². The van der Waals surface area contributed by atoms with Crippen LogP contribution >= 0.6 is 0 Å². The maximum absolute atomic E-state index is 11.4. The van der Waals surface area contributed by atoms with E-state index >= 15 is 0 Å². The molecule has 1 unspecified atom stereocenters. The molecule has 86 valence electrons. The summed E-state index contributed by atoms with van der Waals surface area (Å²) in [6.07, 6.45) is 8.44. The molecule has 0 heterocycles. The van der Waals surface area contributed by atoms with Crippen LogP contribution in [-0.2, 0) is 4.79 Å². The molecule has 1 N–H and O–H groups in total. The Morgan fingerprint density at radius 1 is 1.33 bits per heavy atom. The van der Waals surface area contributed by atoms with Gasteiger partial charge in [0.05, 0.1) is 0 Å². The predicted molar refractivity (Wildman–Crippen MR) is 61.5 cm³/mol. The smallest absolute Gasteiger partial charge is 0.222 e. The zero-order valence-corrected chi connectivity index (χ0v) is 10.0. The summed E-state index contributed by atoms with van der Waals surface area (Å²) < 4.78 is 0. The Labute approximate surface area is 92.8 Å². The molecule has 0 bridgehead atoms. The van der Waals surface area contributed by atoms with Gasteiger partial charge in [0.15, 0.2) is 0 Å². The molecule has 0 radical (unpaired) electrons. The molecule has 2 nitrogen and oxygen atoms in total. The fraction of sp³-hybridized carbons (Fsp3) is 0.923. The lowest BCUT2D eigenvalue weighted by molar-refractivity contribution is -0.124. The van der Waals surface area contributed by atoms with Gasteiger partial charge < -0.3 is 5.32 Å². The largest absolute Gasteiger partial charge is 0.356 e. The minimum absolute atomic E-state index is 0.131. The summed E-state index contributed by atoms with van der Waals surface area (Å²) in [6, 6.07) is 0. The van der Waals surface area contributed by atoms with Crippen LogP contribution in [0.3, 0.4) is 0 Å². The van der Waals surface area contributed by atoms with Gasteiger partial charge in [-0.3, -0.25) is 4.79 Å². The zero-order valence-electron chi connectivity index (χ0n) is 10.0. The maximum Gasteiger partial charge on any atom is 0.222 e. The number of carbonyl (C=O) groups is 1. The van der Waals surface area contributed by atoms with Crippen LogP contribution in [0.25, 0.3) is 0 Å². The molecule has 2 aliphatic carbocycles. The van der Waals surface area contributed by atoms with E-state index in [1.165, 1.54) is 38.5 Å². The molecule has 2 rings (SSSR count). The Bertz CT molecular complexity index is 241. The Hall–Kier alpha value is -0.530. The summed E-state index contributed by atoms with van der Waals surface area (Å²) in [5, 5.41) is 3.08. The van der Waals surface area contributed by atoms with Gasteiger partial charge in [0.2, 0.25) is 5.91 Å².